The summed E-state index contributed by atoms with van der Waals surface area (Å²) < 4.78 is 3.42. The van der Waals surface area contributed by atoms with Crippen molar-refractivity contribution in [2.75, 3.05) is 10.6 Å². The lowest BCUT2D eigenvalue weighted by Crippen LogP contribution is -2.19. The quantitative estimate of drug-likeness (QED) is 0.134. The maximum atomic E-state index is 13.5. The lowest BCUT2D eigenvalue weighted by molar-refractivity contribution is 0.100. The van der Waals surface area contributed by atoms with Crippen LogP contribution in [0.4, 0.5) is 11.4 Å². The number of pyridine rings is 2. The summed E-state index contributed by atoms with van der Waals surface area (Å²) >= 11 is 12.6. The van der Waals surface area contributed by atoms with Gasteiger partial charge in [-0.15, -0.1) is 0 Å². The predicted octanol–water partition coefficient (Wildman–Crippen LogP) is 8.11. The Hall–Kier alpha value is -5.32. The summed E-state index contributed by atoms with van der Waals surface area (Å²) in [5, 5.41) is 16.6. The van der Waals surface area contributed by atoms with Gasteiger partial charge in [0.05, 0.1) is 11.4 Å². The molecule has 4 heterocycles. The molecule has 6 rings (SSSR count). The third-order valence-corrected chi connectivity index (χ3v) is 8.64. The Morgan fingerprint density at radius 1 is 0.604 bits per heavy atom. The molecule has 48 heavy (non-hydrogen) atoms. The summed E-state index contributed by atoms with van der Waals surface area (Å²) in [6.45, 7) is 4.74. The molecule has 0 fully saturated rings. The fourth-order valence-electron chi connectivity index (χ4n) is 5.12. The maximum Gasteiger partial charge on any atom is 0.273 e. The van der Waals surface area contributed by atoms with Crippen LogP contribution in [0.5, 0.6) is 0 Å². The number of aromatic nitrogens is 6. The van der Waals surface area contributed by atoms with Gasteiger partial charge in [-0.05, 0) is 98.5 Å². The van der Waals surface area contributed by atoms with Crippen molar-refractivity contribution in [2.45, 2.75) is 39.8 Å². The van der Waals surface area contributed by atoms with Gasteiger partial charge in [0.15, 0.2) is 0 Å². The first-order valence-corrected chi connectivity index (χ1v) is 16.1. The topological polar surface area (TPSA) is 120 Å². The molecule has 0 bridgehead atoms. The van der Waals surface area contributed by atoms with Gasteiger partial charge in [0.1, 0.15) is 11.4 Å². The second kappa shape index (κ2) is 14.6. The monoisotopic (exact) mass is 678 g/mol. The summed E-state index contributed by atoms with van der Waals surface area (Å²) in [4.78, 5) is 35.1. The average Bonchev–Trinajstić information content (AvgIpc) is 3.73. The number of carbonyl (C=O) groups excluding carboxylic acids is 2. The van der Waals surface area contributed by atoms with Gasteiger partial charge in [-0.25, -0.2) is 0 Å². The minimum Gasteiger partial charge on any atom is -0.321 e. The summed E-state index contributed by atoms with van der Waals surface area (Å²) in [5.74, 6) is -0.598. The van der Waals surface area contributed by atoms with Crippen molar-refractivity contribution >= 4 is 46.4 Å². The van der Waals surface area contributed by atoms with Gasteiger partial charge in [0, 0.05) is 70.4 Å². The lowest BCUT2D eigenvalue weighted by atomic mass is 10.2. The van der Waals surface area contributed by atoms with Crippen LogP contribution in [0.2, 0.25) is 10.0 Å². The van der Waals surface area contributed by atoms with Gasteiger partial charge in [-0.3, -0.25) is 28.9 Å². The molecule has 0 aliphatic rings. The molecule has 0 radical (unpaired) electrons. The Labute approximate surface area is 287 Å². The molecule has 2 amide bonds. The fourth-order valence-corrected chi connectivity index (χ4v) is 5.48. The Morgan fingerprint density at radius 3 is 1.38 bits per heavy atom. The Kier molecular flexibility index (Phi) is 9.94. The number of carbonyl (C=O) groups is 2. The van der Waals surface area contributed by atoms with Gasteiger partial charge in [0.25, 0.3) is 11.8 Å². The van der Waals surface area contributed by atoms with Crippen molar-refractivity contribution in [3.8, 4) is 22.5 Å². The molecule has 0 unspecified atom stereocenters. The second-order valence-corrected chi connectivity index (χ2v) is 12.1. The highest BCUT2D eigenvalue weighted by atomic mass is 35.5. The summed E-state index contributed by atoms with van der Waals surface area (Å²) in [5.41, 5.74) is 6.87. The molecular formula is C36H32Cl2N8O2. The van der Waals surface area contributed by atoms with Gasteiger partial charge in [-0.2, -0.15) is 10.2 Å². The molecule has 0 saturated heterocycles. The standard InChI is InChI=1S/C36H32Cl2N8O2/c1-23-5-7-27(19-29(23)37)41-35(47)33-21-31(25-9-13-39-14-10-25)43-45(33)17-3-4-18-46-34(22-32(44-46)26-11-15-40-16-12-26)36(48)42-28-8-6-24(2)30(38)20-28/h5-16,19-22H,3-4,17-18H2,1-2H3,(H,41,47)(H,42,48). The van der Waals surface area contributed by atoms with E-state index in [2.05, 4.69) is 20.6 Å². The first kappa shape index (κ1) is 32.6. The molecule has 12 heteroatoms. The van der Waals surface area contributed by atoms with Crippen molar-refractivity contribution in [2.24, 2.45) is 0 Å². The normalized spacial score (nSPS) is 11.0. The minimum atomic E-state index is -0.299. The molecule has 4 aromatic heterocycles. The maximum absolute atomic E-state index is 13.5. The number of benzene rings is 2. The molecule has 0 spiro atoms. The number of halogens is 2. The number of anilines is 2. The highest BCUT2D eigenvalue weighted by molar-refractivity contribution is 6.32. The fraction of sp³-hybridized carbons (Fsp3) is 0.167. The number of nitrogens with zero attached hydrogens (tertiary/aromatic N) is 6. The van der Waals surface area contributed by atoms with E-state index in [0.717, 1.165) is 22.3 Å². The van der Waals surface area contributed by atoms with Crippen LogP contribution in [0.25, 0.3) is 22.5 Å². The SMILES string of the molecule is Cc1ccc(NC(=O)c2cc(-c3ccncc3)nn2CCCCn2nc(-c3ccncc3)cc2C(=O)Nc2ccc(C)c(Cl)c2)cc1Cl. The molecule has 242 valence electrons. The highest BCUT2D eigenvalue weighted by Crippen LogP contribution is 2.25. The summed E-state index contributed by atoms with van der Waals surface area (Å²) in [6, 6.07) is 21.7. The van der Waals surface area contributed by atoms with E-state index < -0.39 is 0 Å². The summed E-state index contributed by atoms with van der Waals surface area (Å²) in [7, 11) is 0. The number of rotatable bonds is 11. The molecule has 0 saturated carbocycles. The van der Waals surface area contributed by atoms with Crippen LogP contribution >= 0.6 is 23.2 Å². The van der Waals surface area contributed by atoms with Gasteiger partial charge in [-0.1, -0.05) is 35.3 Å². The first-order valence-electron chi connectivity index (χ1n) is 15.4. The molecule has 2 aromatic carbocycles. The first-order chi connectivity index (χ1) is 23.2. The lowest BCUT2D eigenvalue weighted by Gasteiger charge is -2.11. The number of aryl methyl sites for hydroxylation is 4. The van der Waals surface area contributed by atoms with E-state index >= 15 is 0 Å². The molecule has 10 nitrogen and oxygen atoms in total. The number of nitrogens with one attached hydrogen (secondary N) is 2. The van der Waals surface area contributed by atoms with Gasteiger partial charge >= 0.3 is 0 Å². The third-order valence-electron chi connectivity index (χ3n) is 7.83. The minimum absolute atomic E-state index is 0.299. The van der Waals surface area contributed by atoms with E-state index in [-0.39, 0.29) is 11.8 Å². The molecule has 0 aliphatic heterocycles. The van der Waals surface area contributed by atoms with Crippen molar-refractivity contribution in [1.29, 1.82) is 0 Å². The highest BCUT2D eigenvalue weighted by Gasteiger charge is 2.19. The van der Waals surface area contributed by atoms with Gasteiger partial charge < -0.3 is 10.6 Å². The van der Waals surface area contributed by atoms with E-state index in [1.165, 1.54) is 0 Å². The molecular weight excluding hydrogens is 647 g/mol. The van der Waals surface area contributed by atoms with E-state index in [0.29, 0.717) is 70.1 Å². The Morgan fingerprint density at radius 2 is 1.00 bits per heavy atom. The van der Waals surface area contributed by atoms with Crippen LogP contribution in [0.1, 0.15) is 44.9 Å². The molecule has 6 aromatic rings. The number of hydrogen-bond acceptors (Lipinski definition) is 6. The van der Waals surface area contributed by atoms with E-state index in [4.69, 9.17) is 33.4 Å². The Bertz CT molecular complexity index is 1930. The van der Waals surface area contributed by atoms with Crippen LogP contribution in [-0.4, -0.2) is 41.3 Å². The number of unbranched alkanes of at least 4 members (excludes halogenated alkanes) is 1. The van der Waals surface area contributed by atoms with Crippen LogP contribution < -0.4 is 10.6 Å². The number of amides is 2. The van der Waals surface area contributed by atoms with E-state index in [1.807, 2.05) is 62.4 Å². The molecule has 0 aliphatic carbocycles. The van der Waals surface area contributed by atoms with Crippen molar-refractivity contribution in [1.82, 2.24) is 29.5 Å². The summed E-state index contributed by atoms with van der Waals surface area (Å²) in [6.07, 6.45) is 8.07. The third kappa shape index (κ3) is 7.62. The molecule has 2 N–H and O–H groups in total. The zero-order chi connectivity index (χ0) is 33.6. The largest absolute Gasteiger partial charge is 0.321 e. The van der Waals surface area contributed by atoms with Crippen LogP contribution in [0, 0.1) is 13.8 Å². The van der Waals surface area contributed by atoms with Crippen LogP contribution in [-0.2, 0) is 13.1 Å². The Balaban J connectivity index is 1.20. The van der Waals surface area contributed by atoms with E-state index in [1.54, 1.807) is 58.4 Å². The average molecular weight is 680 g/mol. The van der Waals surface area contributed by atoms with Crippen LogP contribution in [0.3, 0.4) is 0 Å². The van der Waals surface area contributed by atoms with Crippen molar-refractivity contribution < 1.29 is 9.59 Å². The van der Waals surface area contributed by atoms with Gasteiger partial charge in [0.2, 0.25) is 0 Å². The van der Waals surface area contributed by atoms with Crippen molar-refractivity contribution in [3.63, 3.8) is 0 Å². The van der Waals surface area contributed by atoms with Crippen LogP contribution in [0.15, 0.2) is 97.6 Å². The number of hydrogen-bond donors (Lipinski definition) is 2. The molecule has 0 atom stereocenters. The zero-order valence-corrected chi connectivity index (χ0v) is 27.8. The van der Waals surface area contributed by atoms with Crippen molar-refractivity contribution in [3.05, 3.63) is 130 Å². The smallest absolute Gasteiger partial charge is 0.273 e. The zero-order valence-electron chi connectivity index (χ0n) is 26.3. The predicted molar refractivity (Wildman–Crippen MR) is 188 cm³/mol. The second-order valence-electron chi connectivity index (χ2n) is 11.3. The van der Waals surface area contributed by atoms with E-state index in [9.17, 15) is 9.59 Å².